The number of benzene rings is 1. The summed E-state index contributed by atoms with van der Waals surface area (Å²) in [5.41, 5.74) is 3.15. The Morgan fingerprint density at radius 1 is 1.12 bits per heavy atom. The summed E-state index contributed by atoms with van der Waals surface area (Å²) in [6.07, 6.45) is 5.97. The van der Waals surface area contributed by atoms with Crippen LogP contribution >= 0.6 is 0 Å². The monoisotopic (exact) mass is 433 g/mol. The first-order valence-electron chi connectivity index (χ1n) is 11.0. The molecule has 8 nitrogen and oxygen atoms in total. The first-order valence-corrected chi connectivity index (χ1v) is 11.0. The third-order valence-electron chi connectivity index (χ3n) is 6.44. The second-order valence-electron chi connectivity index (χ2n) is 8.41. The molecule has 0 amide bonds. The Kier molecular flexibility index (Phi) is 5.09. The molecule has 3 aromatic heterocycles. The fourth-order valence-corrected chi connectivity index (χ4v) is 4.54. The molecular formula is C24H27N5O3. The summed E-state index contributed by atoms with van der Waals surface area (Å²) in [4.78, 5) is 31.2. The smallest absolute Gasteiger partial charge is 0.332 e. The molecule has 4 heterocycles. The van der Waals surface area contributed by atoms with Crippen LogP contribution in [0.1, 0.15) is 29.8 Å². The Hall–Kier alpha value is -3.39. The zero-order valence-electron chi connectivity index (χ0n) is 18.6. The number of hydrogen-bond acceptors (Lipinski definition) is 4. The molecule has 0 radical (unpaired) electrons. The van der Waals surface area contributed by atoms with E-state index in [0.29, 0.717) is 23.5 Å². The number of allylic oxidation sites excluding steroid dienone is 1. The van der Waals surface area contributed by atoms with Crippen molar-refractivity contribution in [3.05, 3.63) is 74.2 Å². The molecule has 8 heteroatoms. The van der Waals surface area contributed by atoms with E-state index >= 15 is 0 Å². The van der Waals surface area contributed by atoms with Gasteiger partial charge in [-0.25, -0.2) is 4.79 Å². The highest BCUT2D eigenvalue weighted by atomic mass is 16.5. The lowest BCUT2D eigenvalue weighted by Crippen LogP contribution is -2.39. The molecule has 4 aromatic rings. The van der Waals surface area contributed by atoms with Gasteiger partial charge in [0.2, 0.25) is 5.78 Å². The lowest BCUT2D eigenvalue weighted by Gasteiger charge is -2.12. The molecule has 0 aliphatic carbocycles. The molecule has 1 aromatic carbocycles. The van der Waals surface area contributed by atoms with Gasteiger partial charge in [0.15, 0.2) is 11.2 Å². The van der Waals surface area contributed by atoms with Gasteiger partial charge in [0.05, 0.1) is 12.6 Å². The predicted molar refractivity (Wildman–Crippen MR) is 124 cm³/mol. The number of aromatic nitrogens is 5. The molecule has 1 saturated heterocycles. The molecule has 0 unspecified atom stereocenters. The van der Waals surface area contributed by atoms with Crippen molar-refractivity contribution in [2.24, 2.45) is 7.05 Å². The maximum atomic E-state index is 13.5. The van der Waals surface area contributed by atoms with E-state index in [4.69, 9.17) is 9.72 Å². The lowest BCUT2D eigenvalue weighted by atomic mass is 10.2. The van der Waals surface area contributed by atoms with E-state index in [1.165, 1.54) is 9.13 Å². The second-order valence-corrected chi connectivity index (χ2v) is 8.41. The Labute approximate surface area is 185 Å². The topological polar surface area (TPSA) is 75.5 Å². The molecule has 166 valence electrons. The van der Waals surface area contributed by atoms with Crippen molar-refractivity contribution in [1.29, 1.82) is 0 Å². The lowest BCUT2D eigenvalue weighted by molar-refractivity contribution is 0.0974. The summed E-state index contributed by atoms with van der Waals surface area (Å²) in [5.74, 6) is 0.676. The number of hydrogen-bond donors (Lipinski definition) is 0. The highest BCUT2D eigenvalue weighted by Crippen LogP contribution is 2.23. The van der Waals surface area contributed by atoms with E-state index in [-0.39, 0.29) is 23.9 Å². The molecule has 5 rings (SSSR count). The van der Waals surface area contributed by atoms with Crippen molar-refractivity contribution in [1.82, 2.24) is 23.1 Å². The maximum Gasteiger partial charge on any atom is 0.332 e. The van der Waals surface area contributed by atoms with Crippen LogP contribution in [0, 0.1) is 13.8 Å². The van der Waals surface area contributed by atoms with Crippen LogP contribution < -0.4 is 11.2 Å². The minimum Gasteiger partial charge on any atom is -0.376 e. The van der Waals surface area contributed by atoms with Crippen LogP contribution in [-0.2, 0) is 24.9 Å². The normalized spacial score (nSPS) is 16.8. The van der Waals surface area contributed by atoms with E-state index in [1.54, 1.807) is 7.05 Å². The highest BCUT2D eigenvalue weighted by molar-refractivity contribution is 5.76. The highest BCUT2D eigenvalue weighted by Gasteiger charge is 2.24. The Morgan fingerprint density at radius 3 is 2.62 bits per heavy atom. The number of rotatable bonds is 5. The minimum atomic E-state index is -0.374. The van der Waals surface area contributed by atoms with Crippen molar-refractivity contribution >= 4 is 23.0 Å². The molecular weight excluding hydrogens is 406 g/mol. The van der Waals surface area contributed by atoms with Crippen LogP contribution in [0.5, 0.6) is 0 Å². The molecule has 1 fully saturated rings. The molecule has 0 bridgehead atoms. The van der Waals surface area contributed by atoms with Crippen molar-refractivity contribution in [3.8, 4) is 0 Å². The van der Waals surface area contributed by atoms with Gasteiger partial charge in [0, 0.05) is 31.6 Å². The van der Waals surface area contributed by atoms with Crippen molar-refractivity contribution in [3.63, 3.8) is 0 Å². The Balaban J connectivity index is 1.64. The number of nitrogens with zero attached hydrogens (tertiary/aromatic N) is 5. The third kappa shape index (κ3) is 3.22. The maximum absolute atomic E-state index is 13.5. The Bertz CT molecular complexity index is 1450. The SMILES string of the molecule is Cc1c(C)n2c3c(=O)n(C/C=C\c4ccccc4)c(=O)n(C)c3nc2n1C[C@H]1CCCO1. The van der Waals surface area contributed by atoms with Crippen molar-refractivity contribution < 1.29 is 4.74 Å². The summed E-state index contributed by atoms with van der Waals surface area (Å²) < 4.78 is 12.5. The molecule has 1 aliphatic rings. The average molecular weight is 434 g/mol. The van der Waals surface area contributed by atoms with Gasteiger partial charge < -0.3 is 9.30 Å². The second kappa shape index (κ2) is 7.94. The minimum absolute atomic E-state index is 0.146. The van der Waals surface area contributed by atoms with Crippen LogP contribution in [0.4, 0.5) is 0 Å². The largest absolute Gasteiger partial charge is 0.376 e. The van der Waals surface area contributed by atoms with Gasteiger partial charge in [0.1, 0.15) is 0 Å². The predicted octanol–water partition coefficient (Wildman–Crippen LogP) is 2.66. The van der Waals surface area contributed by atoms with Crippen LogP contribution in [0.3, 0.4) is 0 Å². The van der Waals surface area contributed by atoms with Gasteiger partial charge in [-0.2, -0.15) is 4.98 Å². The summed E-state index contributed by atoms with van der Waals surface area (Å²) in [6.45, 7) is 5.69. The molecule has 1 atom stereocenters. The third-order valence-corrected chi connectivity index (χ3v) is 6.44. The van der Waals surface area contributed by atoms with E-state index in [0.717, 1.165) is 36.4 Å². The van der Waals surface area contributed by atoms with Gasteiger partial charge in [-0.15, -0.1) is 0 Å². The standard InChI is InChI=1S/C24H27N5O3/c1-16-17(2)29-20-21(25-23(29)28(16)15-19-12-8-14-32-19)26(3)24(31)27(22(20)30)13-7-11-18-9-5-4-6-10-18/h4-7,9-11,19H,8,12-15H2,1-3H3/b11-7-/t19-/m1/s1. The van der Waals surface area contributed by atoms with Gasteiger partial charge in [-0.1, -0.05) is 42.5 Å². The summed E-state index contributed by atoms with van der Waals surface area (Å²) in [6, 6.07) is 9.80. The molecule has 1 aliphatic heterocycles. The van der Waals surface area contributed by atoms with E-state index in [2.05, 4.69) is 4.57 Å². The van der Waals surface area contributed by atoms with Gasteiger partial charge in [-0.3, -0.25) is 18.3 Å². The molecule has 0 saturated carbocycles. The Morgan fingerprint density at radius 2 is 1.91 bits per heavy atom. The number of aryl methyl sites for hydroxylation is 2. The number of imidazole rings is 2. The summed E-state index contributed by atoms with van der Waals surface area (Å²) >= 11 is 0. The zero-order chi connectivity index (χ0) is 22.4. The van der Waals surface area contributed by atoms with E-state index in [9.17, 15) is 9.59 Å². The fraction of sp³-hybridized carbons (Fsp3) is 0.375. The molecule has 0 N–H and O–H groups in total. The summed E-state index contributed by atoms with van der Waals surface area (Å²) in [7, 11) is 1.67. The van der Waals surface area contributed by atoms with Crippen LogP contribution in [-0.4, -0.2) is 35.8 Å². The van der Waals surface area contributed by atoms with E-state index < -0.39 is 0 Å². The van der Waals surface area contributed by atoms with Crippen molar-refractivity contribution in [2.45, 2.75) is 45.9 Å². The first kappa shape index (κ1) is 20.5. The van der Waals surface area contributed by atoms with Gasteiger partial charge >= 0.3 is 5.69 Å². The molecule has 32 heavy (non-hydrogen) atoms. The number of fused-ring (bicyclic) bond motifs is 3. The zero-order valence-corrected chi connectivity index (χ0v) is 18.6. The quantitative estimate of drug-likeness (QED) is 0.485. The van der Waals surface area contributed by atoms with Crippen LogP contribution in [0.2, 0.25) is 0 Å². The molecule has 0 spiro atoms. The van der Waals surface area contributed by atoms with Gasteiger partial charge in [0.25, 0.3) is 5.56 Å². The van der Waals surface area contributed by atoms with Crippen LogP contribution in [0.25, 0.3) is 23.0 Å². The summed E-state index contributed by atoms with van der Waals surface area (Å²) in [5, 5.41) is 0. The number of ether oxygens (including phenoxy) is 1. The van der Waals surface area contributed by atoms with E-state index in [1.807, 2.05) is 60.7 Å². The first-order chi connectivity index (χ1) is 15.5. The average Bonchev–Trinajstić information content (AvgIpc) is 3.50. The van der Waals surface area contributed by atoms with Gasteiger partial charge in [-0.05, 0) is 32.3 Å². The van der Waals surface area contributed by atoms with Crippen molar-refractivity contribution in [2.75, 3.05) is 6.61 Å². The fourth-order valence-electron chi connectivity index (χ4n) is 4.54. The van der Waals surface area contributed by atoms with Crippen LogP contribution in [0.15, 0.2) is 46.0 Å².